The van der Waals surface area contributed by atoms with Gasteiger partial charge in [-0.25, -0.2) is 9.18 Å². The van der Waals surface area contributed by atoms with Crippen molar-refractivity contribution in [3.8, 4) is 0 Å². The van der Waals surface area contributed by atoms with E-state index < -0.39 is 11.9 Å². The standard InChI is InChI=1S/C19H17FN2O3S/c1-3-11-22-16-14(20)5-4-6-15(16)26-19(22)21-17(23)12-7-9-13(10-8-12)18(24)25-2/h4-10H,3,11H2,1-2H3. The smallest absolute Gasteiger partial charge is 0.337 e. The number of ether oxygens (including phenoxy) is 1. The minimum atomic E-state index is -0.471. The van der Waals surface area contributed by atoms with Crippen LogP contribution in [0.25, 0.3) is 10.2 Å². The number of rotatable bonds is 4. The van der Waals surface area contributed by atoms with Crippen LogP contribution in [0.3, 0.4) is 0 Å². The summed E-state index contributed by atoms with van der Waals surface area (Å²) in [4.78, 5) is 28.6. The first-order valence-corrected chi connectivity index (χ1v) is 8.92. The van der Waals surface area contributed by atoms with Crippen molar-refractivity contribution < 1.29 is 18.7 Å². The van der Waals surface area contributed by atoms with Gasteiger partial charge in [0.1, 0.15) is 5.82 Å². The number of aryl methyl sites for hydroxylation is 1. The molecule has 7 heteroatoms. The topological polar surface area (TPSA) is 60.7 Å². The van der Waals surface area contributed by atoms with Crippen LogP contribution in [-0.2, 0) is 11.3 Å². The maximum atomic E-state index is 14.2. The van der Waals surface area contributed by atoms with E-state index in [1.807, 2.05) is 13.0 Å². The highest BCUT2D eigenvalue weighted by Gasteiger charge is 2.12. The molecule has 3 aromatic rings. The first-order chi connectivity index (χ1) is 12.5. The second-order valence-corrected chi connectivity index (χ2v) is 6.62. The number of amides is 1. The third-order valence-corrected chi connectivity index (χ3v) is 4.89. The molecule has 0 radical (unpaired) electrons. The third-order valence-electron chi connectivity index (χ3n) is 3.85. The van der Waals surface area contributed by atoms with Crippen molar-refractivity contribution in [1.29, 1.82) is 0 Å². The van der Waals surface area contributed by atoms with Crippen molar-refractivity contribution in [1.82, 2.24) is 4.57 Å². The molecule has 2 aromatic carbocycles. The highest BCUT2D eigenvalue weighted by Crippen LogP contribution is 2.20. The van der Waals surface area contributed by atoms with E-state index in [1.54, 1.807) is 10.6 Å². The summed E-state index contributed by atoms with van der Waals surface area (Å²) < 4.78 is 21.3. The lowest BCUT2D eigenvalue weighted by Crippen LogP contribution is -2.17. The Morgan fingerprint density at radius 3 is 2.50 bits per heavy atom. The molecule has 0 bridgehead atoms. The van der Waals surface area contributed by atoms with Crippen molar-refractivity contribution in [3.05, 3.63) is 64.2 Å². The minimum Gasteiger partial charge on any atom is -0.465 e. The van der Waals surface area contributed by atoms with Gasteiger partial charge in [-0.3, -0.25) is 4.79 Å². The highest BCUT2D eigenvalue weighted by molar-refractivity contribution is 7.16. The molecule has 0 saturated carbocycles. The van der Waals surface area contributed by atoms with E-state index in [-0.39, 0.29) is 5.82 Å². The van der Waals surface area contributed by atoms with E-state index in [1.165, 1.54) is 48.8 Å². The van der Waals surface area contributed by atoms with Crippen LogP contribution in [0.5, 0.6) is 0 Å². The molecule has 0 N–H and O–H groups in total. The van der Waals surface area contributed by atoms with Gasteiger partial charge in [0, 0.05) is 12.1 Å². The zero-order valence-electron chi connectivity index (χ0n) is 14.4. The van der Waals surface area contributed by atoms with Crippen LogP contribution in [-0.4, -0.2) is 23.6 Å². The van der Waals surface area contributed by atoms with Gasteiger partial charge < -0.3 is 9.30 Å². The van der Waals surface area contributed by atoms with Crippen LogP contribution in [0, 0.1) is 5.82 Å². The zero-order chi connectivity index (χ0) is 18.7. The van der Waals surface area contributed by atoms with Gasteiger partial charge in [0.05, 0.1) is 22.9 Å². The summed E-state index contributed by atoms with van der Waals surface area (Å²) in [6.45, 7) is 2.54. The molecule has 0 aliphatic rings. The van der Waals surface area contributed by atoms with E-state index in [0.29, 0.717) is 28.0 Å². The number of hydrogen-bond acceptors (Lipinski definition) is 4. The number of thiazole rings is 1. The molecule has 3 rings (SSSR count). The Balaban J connectivity index is 2.04. The Labute approximate surface area is 153 Å². The average Bonchev–Trinajstić information content (AvgIpc) is 3.00. The molecule has 0 aliphatic carbocycles. The molecule has 0 spiro atoms. The fourth-order valence-electron chi connectivity index (χ4n) is 2.62. The van der Waals surface area contributed by atoms with Gasteiger partial charge >= 0.3 is 5.97 Å². The summed E-state index contributed by atoms with van der Waals surface area (Å²) in [5.74, 6) is -1.25. The Bertz CT molecular complexity index is 1040. The number of benzene rings is 2. The van der Waals surface area contributed by atoms with Crippen LogP contribution in [0.15, 0.2) is 47.5 Å². The molecular formula is C19H17FN2O3S. The minimum absolute atomic E-state index is 0.330. The van der Waals surface area contributed by atoms with Gasteiger partial charge in [-0.15, -0.1) is 0 Å². The monoisotopic (exact) mass is 372 g/mol. The van der Waals surface area contributed by atoms with Crippen molar-refractivity contribution in [2.45, 2.75) is 19.9 Å². The van der Waals surface area contributed by atoms with Crippen LogP contribution in [0.2, 0.25) is 0 Å². The number of nitrogens with zero attached hydrogens (tertiary/aromatic N) is 2. The lowest BCUT2D eigenvalue weighted by Gasteiger charge is -2.03. The quantitative estimate of drug-likeness (QED) is 0.655. The van der Waals surface area contributed by atoms with Crippen molar-refractivity contribution in [2.75, 3.05) is 7.11 Å². The number of hydrogen-bond donors (Lipinski definition) is 0. The Kier molecular flexibility index (Phi) is 5.27. The maximum absolute atomic E-state index is 14.2. The second kappa shape index (κ2) is 7.61. The normalized spacial score (nSPS) is 11.7. The highest BCUT2D eigenvalue weighted by atomic mass is 32.1. The predicted octanol–water partition coefficient (Wildman–Crippen LogP) is 3.78. The van der Waals surface area contributed by atoms with E-state index in [9.17, 15) is 14.0 Å². The summed E-state index contributed by atoms with van der Waals surface area (Å²) >= 11 is 1.27. The second-order valence-electron chi connectivity index (χ2n) is 5.61. The Morgan fingerprint density at radius 1 is 1.15 bits per heavy atom. The molecule has 0 atom stereocenters. The van der Waals surface area contributed by atoms with Gasteiger partial charge in [0.15, 0.2) is 4.80 Å². The van der Waals surface area contributed by atoms with Crippen LogP contribution >= 0.6 is 11.3 Å². The molecule has 134 valence electrons. The van der Waals surface area contributed by atoms with E-state index in [4.69, 9.17) is 0 Å². The summed E-state index contributed by atoms with van der Waals surface area (Å²) in [6.07, 6.45) is 0.787. The lowest BCUT2D eigenvalue weighted by atomic mass is 10.1. The molecule has 1 amide bonds. The molecule has 0 unspecified atom stereocenters. The van der Waals surface area contributed by atoms with Crippen LogP contribution in [0.1, 0.15) is 34.1 Å². The number of carbonyl (C=O) groups excluding carboxylic acids is 2. The largest absolute Gasteiger partial charge is 0.465 e. The summed E-state index contributed by atoms with van der Waals surface area (Å²) in [5.41, 5.74) is 1.17. The fourth-order valence-corrected chi connectivity index (χ4v) is 3.69. The summed E-state index contributed by atoms with van der Waals surface area (Å²) in [7, 11) is 1.30. The number of halogens is 1. The van der Waals surface area contributed by atoms with Gasteiger partial charge in [0.2, 0.25) is 0 Å². The molecule has 0 aliphatic heterocycles. The number of fused-ring (bicyclic) bond motifs is 1. The first-order valence-electron chi connectivity index (χ1n) is 8.10. The molecule has 26 heavy (non-hydrogen) atoms. The molecular weight excluding hydrogens is 355 g/mol. The first kappa shape index (κ1) is 18.0. The van der Waals surface area contributed by atoms with Gasteiger partial charge in [0.25, 0.3) is 5.91 Å². The SMILES string of the molecule is CCCn1c(=NC(=O)c2ccc(C(=O)OC)cc2)sc2cccc(F)c21. The third kappa shape index (κ3) is 3.43. The van der Waals surface area contributed by atoms with E-state index in [2.05, 4.69) is 9.73 Å². The van der Waals surface area contributed by atoms with Gasteiger partial charge in [-0.2, -0.15) is 4.99 Å². The van der Waals surface area contributed by atoms with Crippen molar-refractivity contribution >= 4 is 33.4 Å². The number of para-hydroxylation sites is 1. The van der Waals surface area contributed by atoms with E-state index in [0.717, 1.165) is 11.1 Å². The van der Waals surface area contributed by atoms with Crippen molar-refractivity contribution in [2.24, 2.45) is 4.99 Å². The van der Waals surface area contributed by atoms with Crippen LogP contribution in [0.4, 0.5) is 4.39 Å². The molecule has 0 saturated heterocycles. The molecule has 5 nitrogen and oxygen atoms in total. The fraction of sp³-hybridized carbons (Fsp3) is 0.211. The molecule has 0 fully saturated rings. The average molecular weight is 372 g/mol. The predicted molar refractivity (Wildman–Crippen MR) is 97.7 cm³/mol. The summed E-state index contributed by atoms with van der Waals surface area (Å²) in [5, 5.41) is 0. The zero-order valence-corrected chi connectivity index (χ0v) is 15.2. The Morgan fingerprint density at radius 2 is 1.85 bits per heavy atom. The maximum Gasteiger partial charge on any atom is 0.337 e. The lowest BCUT2D eigenvalue weighted by molar-refractivity contribution is 0.0600. The molecule has 1 heterocycles. The van der Waals surface area contributed by atoms with Gasteiger partial charge in [-0.05, 0) is 42.8 Å². The number of carbonyl (C=O) groups is 2. The number of esters is 1. The van der Waals surface area contributed by atoms with Gasteiger partial charge in [-0.1, -0.05) is 24.3 Å². The Hall–Kier alpha value is -2.80. The van der Waals surface area contributed by atoms with Crippen molar-refractivity contribution in [3.63, 3.8) is 0 Å². The summed E-state index contributed by atoms with van der Waals surface area (Å²) in [6, 6.07) is 10.9. The molecule has 1 aromatic heterocycles. The van der Waals surface area contributed by atoms with Crippen LogP contribution < -0.4 is 4.80 Å². The number of methoxy groups -OCH3 is 1. The van der Waals surface area contributed by atoms with E-state index >= 15 is 0 Å². The number of aromatic nitrogens is 1.